The maximum atomic E-state index is 12.3. The highest BCUT2D eigenvalue weighted by molar-refractivity contribution is 6.68. The molecule has 0 N–H and O–H groups in total. The van der Waals surface area contributed by atoms with E-state index in [1.54, 1.807) is 13.8 Å². The lowest BCUT2D eigenvalue weighted by atomic mass is 10.0. The summed E-state index contributed by atoms with van der Waals surface area (Å²) >= 11 is 34.8. The fraction of sp³-hybridized carbons (Fsp3) is 0.846. The van der Waals surface area contributed by atoms with Gasteiger partial charge in [-0.2, -0.15) is 0 Å². The predicted octanol–water partition coefficient (Wildman–Crippen LogP) is 4.78. The minimum Gasteiger partial charge on any atom is -0.467 e. The van der Waals surface area contributed by atoms with Crippen molar-refractivity contribution >= 4 is 81.5 Å². The number of ether oxygens (including phenoxy) is 1. The van der Waals surface area contributed by atoms with Gasteiger partial charge in [-0.15, -0.1) is 0 Å². The van der Waals surface area contributed by atoms with Crippen molar-refractivity contribution in [2.45, 2.75) is 40.3 Å². The number of rotatable bonds is 6. The molecule has 136 valence electrons. The summed E-state index contributed by atoms with van der Waals surface area (Å²) in [5, 5.41) is 0. The lowest BCUT2D eigenvalue weighted by Crippen LogP contribution is -2.45. The molecule has 0 unspecified atom stereocenters. The maximum Gasteiger partial charge on any atom is 0.328 e. The van der Waals surface area contributed by atoms with Crippen LogP contribution in [0.2, 0.25) is 0 Å². The molecule has 0 aliphatic rings. The molecule has 0 spiro atoms. The Bertz CT molecular complexity index is 421. The van der Waals surface area contributed by atoms with E-state index in [2.05, 4.69) is 0 Å². The molecule has 0 fully saturated rings. The van der Waals surface area contributed by atoms with Gasteiger partial charge in [-0.1, -0.05) is 83.5 Å². The van der Waals surface area contributed by atoms with Gasteiger partial charge in [0.15, 0.2) is 7.59 Å². The van der Waals surface area contributed by atoms with Gasteiger partial charge in [0, 0.05) is 25.3 Å². The first-order valence-electron chi connectivity index (χ1n) is 6.68. The van der Waals surface area contributed by atoms with Crippen LogP contribution in [0.15, 0.2) is 0 Å². The SMILES string of the molecule is COC(=O)[C@@H](C[C@H](C)C(Cl)(Cl)Cl)N(C)C(=O)C[C@H](C)C(Cl)(Cl)Cl. The van der Waals surface area contributed by atoms with Crippen LogP contribution in [0.25, 0.3) is 0 Å². The first kappa shape index (κ1) is 23.7. The molecule has 0 rings (SSSR count). The standard InChI is InChI=1S/C13H19Cl6NO3/c1-7(12(14,15)16)5-9(11(22)23-4)20(3)10(21)6-8(2)13(17,18)19/h7-9H,5-6H2,1-4H3/t7-,8-,9+/m0/s1. The van der Waals surface area contributed by atoms with Crippen LogP contribution in [0.3, 0.4) is 0 Å². The van der Waals surface area contributed by atoms with Gasteiger partial charge in [0.2, 0.25) is 5.91 Å². The van der Waals surface area contributed by atoms with E-state index in [9.17, 15) is 9.59 Å². The van der Waals surface area contributed by atoms with Crippen LogP contribution in [0.1, 0.15) is 26.7 Å². The van der Waals surface area contributed by atoms with Crippen molar-refractivity contribution in [3.63, 3.8) is 0 Å². The topological polar surface area (TPSA) is 46.6 Å². The second kappa shape index (κ2) is 9.40. The molecule has 0 heterocycles. The van der Waals surface area contributed by atoms with E-state index in [1.165, 1.54) is 19.1 Å². The third-order valence-corrected chi connectivity index (χ3v) is 5.74. The minimum absolute atomic E-state index is 0.0529. The normalized spacial score (nSPS) is 16.4. The number of nitrogens with zero attached hydrogens (tertiary/aromatic N) is 1. The van der Waals surface area contributed by atoms with Gasteiger partial charge >= 0.3 is 5.97 Å². The molecule has 0 radical (unpaired) electrons. The van der Waals surface area contributed by atoms with Gasteiger partial charge in [0.1, 0.15) is 6.04 Å². The summed E-state index contributed by atoms with van der Waals surface area (Å²) in [4.78, 5) is 25.5. The Balaban J connectivity index is 5.12. The summed E-state index contributed by atoms with van der Waals surface area (Å²) in [5.41, 5.74) is 0. The highest BCUT2D eigenvalue weighted by atomic mass is 35.6. The van der Waals surface area contributed by atoms with E-state index in [-0.39, 0.29) is 18.7 Å². The van der Waals surface area contributed by atoms with Crippen molar-refractivity contribution in [3.05, 3.63) is 0 Å². The van der Waals surface area contributed by atoms with Gasteiger partial charge in [0.25, 0.3) is 0 Å². The first-order valence-corrected chi connectivity index (χ1v) is 8.95. The Hall–Kier alpha value is 0.680. The van der Waals surface area contributed by atoms with Crippen LogP contribution in [0.4, 0.5) is 0 Å². The number of methoxy groups -OCH3 is 1. The number of halogens is 6. The van der Waals surface area contributed by atoms with Crippen molar-refractivity contribution < 1.29 is 14.3 Å². The molecule has 0 saturated heterocycles. The second-order valence-electron chi connectivity index (χ2n) is 5.37. The molecule has 0 aromatic heterocycles. The number of hydrogen-bond acceptors (Lipinski definition) is 3. The molecule has 1 amide bonds. The second-order valence-corrected chi connectivity index (χ2v) is 10.1. The Morgan fingerprint density at radius 1 is 1.00 bits per heavy atom. The Morgan fingerprint density at radius 3 is 1.78 bits per heavy atom. The molecule has 23 heavy (non-hydrogen) atoms. The molecular formula is C13H19Cl6NO3. The Kier molecular flexibility index (Phi) is 9.68. The predicted molar refractivity (Wildman–Crippen MR) is 96.7 cm³/mol. The van der Waals surface area contributed by atoms with Crippen molar-refractivity contribution in [2.75, 3.05) is 14.2 Å². The number of amides is 1. The van der Waals surface area contributed by atoms with Gasteiger partial charge in [-0.3, -0.25) is 4.79 Å². The summed E-state index contributed by atoms with van der Waals surface area (Å²) in [6, 6.07) is -0.902. The van der Waals surface area contributed by atoms with Crippen molar-refractivity contribution in [1.82, 2.24) is 4.90 Å². The van der Waals surface area contributed by atoms with Gasteiger partial charge in [-0.25, -0.2) is 4.79 Å². The van der Waals surface area contributed by atoms with Crippen LogP contribution in [0.5, 0.6) is 0 Å². The molecule has 0 saturated carbocycles. The summed E-state index contributed by atoms with van der Waals surface area (Å²) in [6.45, 7) is 3.28. The first-order chi connectivity index (χ1) is 10.2. The maximum absolute atomic E-state index is 12.3. The van der Waals surface area contributed by atoms with E-state index in [1.807, 2.05) is 0 Å². The molecule has 0 aromatic carbocycles. The molecule has 0 aromatic rings. The number of carbonyl (C=O) groups excluding carboxylic acids is 2. The molecule has 0 aliphatic carbocycles. The number of esters is 1. The zero-order valence-electron chi connectivity index (χ0n) is 13.1. The highest BCUT2D eigenvalue weighted by Gasteiger charge is 2.38. The smallest absolute Gasteiger partial charge is 0.328 e. The number of carbonyl (C=O) groups is 2. The fourth-order valence-electron chi connectivity index (χ4n) is 1.71. The third-order valence-electron chi connectivity index (χ3n) is 3.51. The summed E-state index contributed by atoms with van der Waals surface area (Å²) in [5.74, 6) is -2.01. The summed E-state index contributed by atoms with van der Waals surface area (Å²) < 4.78 is 1.58. The van der Waals surface area contributed by atoms with Gasteiger partial charge in [0.05, 0.1) is 7.11 Å². The van der Waals surface area contributed by atoms with Crippen LogP contribution in [0, 0.1) is 11.8 Å². The van der Waals surface area contributed by atoms with E-state index in [0.717, 1.165) is 0 Å². The van der Waals surface area contributed by atoms with E-state index in [0.29, 0.717) is 0 Å². The van der Waals surface area contributed by atoms with Crippen molar-refractivity contribution in [2.24, 2.45) is 11.8 Å². The molecule has 3 atom stereocenters. The van der Waals surface area contributed by atoms with Crippen LogP contribution >= 0.6 is 69.6 Å². The molecule has 4 nitrogen and oxygen atoms in total. The average Bonchev–Trinajstić information content (AvgIpc) is 2.40. The lowest BCUT2D eigenvalue weighted by molar-refractivity contribution is -0.152. The van der Waals surface area contributed by atoms with Crippen LogP contribution < -0.4 is 0 Å². The summed E-state index contributed by atoms with van der Waals surface area (Å²) in [7, 11) is 2.68. The molecule has 0 aliphatic heterocycles. The monoisotopic (exact) mass is 447 g/mol. The quantitative estimate of drug-likeness (QED) is 0.433. The third kappa shape index (κ3) is 8.06. The molecular weight excluding hydrogens is 431 g/mol. The Labute approximate surface area is 166 Å². The van der Waals surface area contributed by atoms with E-state index >= 15 is 0 Å². The number of likely N-dealkylation sites (N-methyl/N-ethyl adjacent to an activating group) is 1. The van der Waals surface area contributed by atoms with Crippen LogP contribution in [-0.2, 0) is 14.3 Å². The number of hydrogen-bond donors (Lipinski definition) is 0. The highest BCUT2D eigenvalue weighted by Crippen LogP contribution is 2.39. The lowest BCUT2D eigenvalue weighted by Gasteiger charge is -2.31. The zero-order chi connectivity index (χ0) is 18.6. The van der Waals surface area contributed by atoms with E-state index in [4.69, 9.17) is 74.3 Å². The van der Waals surface area contributed by atoms with Crippen molar-refractivity contribution in [3.8, 4) is 0 Å². The van der Waals surface area contributed by atoms with E-state index < -0.39 is 31.4 Å². The molecule has 0 bridgehead atoms. The van der Waals surface area contributed by atoms with Gasteiger partial charge in [-0.05, 0) is 6.42 Å². The Morgan fingerprint density at radius 2 is 1.43 bits per heavy atom. The van der Waals surface area contributed by atoms with Crippen LogP contribution in [-0.4, -0.2) is 44.6 Å². The zero-order valence-corrected chi connectivity index (χ0v) is 17.6. The number of alkyl halides is 6. The fourth-order valence-corrected chi connectivity index (χ4v) is 2.21. The molecule has 10 heteroatoms. The van der Waals surface area contributed by atoms with Crippen molar-refractivity contribution in [1.29, 1.82) is 0 Å². The summed E-state index contributed by atoms with van der Waals surface area (Å²) in [6.07, 6.45) is 0.0657. The average molecular weight is 450 g/mol. The van der Waals surface area contributed by atoms with Gasteiger partial charge < -0.3 is 9.64 Å². The largest absolute Gasteiger partial charge is 0.467 e. The minimum atomic E-state index is -1.58.